The van der Waals surface area contributed by atoms with Crippen LogP contribution in [0.2, 0.25) is 0 Å². The van der Waals surface area contributed by atoms with E-state index in [4.69, 9.17) is 9.47 Å². The molecule has 6 heteroatoms. The van der Waals surface area contributed by atoms with Gasteiger partial charge in [-0.3, -0.25) is 9.59 Å². The molecule has 0 spiro atoms. The van der Waals surface area contributed by atoms with E-state index in [-0.39, 0.29) is 24.4 Å². The Balaban J connectivity index is 1.74. The van der Waals surface area contributed by atoms with E-state index in [9.17, 15) is 14.7 Å². The van der Waals surface area contributed by atoms with E-state index in [0.717, 1.165) is 25.0 Å². The van der Waals surface area contributed by atoms with Gasteiger partial charge in [0.2, 0.25) is 5.91 Å². The fourth-order valence-corrected chi connectivity index (χ4v) is 4.12. The smallest absolute Gasteiger partial charge is 0.323 e. The summed E-state index contributed by atoms with van der Waals surface area (Å²) in [5.41, 5.74) is 2.44. The largest absolute Gasteiger partial charge is 0.497 e. The summed E-state index contributed by atoms with van der Waals surface area (Å²) in [6.07, 6.45) is 4.77. The van der Waals surface area contributed by atoms with Gasteiger partial charge in [-0.1, -0.05) is 6.07 Å². The number of aryl methyl sites for hydroxylation is 1. The molecule has 0 radical (unpaired) electrons. The lowest BCUT2D eigenvalue weighted by Crippen LogP contribution is -2.46. The predicted molar refractivity (Wildman–Crippen MR) is 96.5 cm³/mol. The Kier molecular flexibility index (Phi) is 6.14. The van der Waals surface area contributed by atoms with E-state index in [2.05, 4.69) is 12.1 Å². The zero-order valence-corrected chi connectivity index (χ0v) is 15.3. The van der Waals surface area contributed by atoms with Crippen LogP contribution >= 0.6 is 0 Å². The first-order valence-corrected chi connectivity index (χ1v) is 9.34. The van der Waals surface area contributed by atoms with Crippen molar-refractivity contribution >= 4 is 11.9 Å². The van der Waals surface area contributed by atoms with Gasteiger partial charge < -0.3 is 19.5 Å². The van der Waals surface area contributed by atoms with Crippen molar-refractivity contribution in [2.45, 2.75) is 50.5 Å². The number of amides is 1. The number of carbonyl (C=O) groups is 2. The van der Waals surface area contributed by atoms with Crippen LogP contribution in [-0.2, 0) is 20.7 Å². The molecule has 1 aliphatic heterocycles. The Morgan fingerprint density at radius 2 is 2.04 bits per heavy atom. The third-order valence-corrected chi connectivity index (χ3v) is 5.47. The first kappa shape index (κ1) is 18.7. The third kappa shape index (κ3) is 4.36. The van der Waals surface area contributed by atoms with E-state index < -0.39 is 5.97 Å². The normalized spacial score (nSPS) is 20.3. The minimum atomic E-state index is -0.960. The molecular weight excluding hydrogens is 334 g/mol. The summed E-state index contributed by atoms with van der Waals surface area (Å²) >= 11 is 0. The van der Waals surface area contributed by atoms with Crippen LogP contribution in [-0.4, -0.2) is 54.8 Å². The van der Waals surface area contributed by atoms with Crippen molar-refractivity contribution in [2.24, 2.45) is 0 Å². The van der Waals surface area contributed by atoms with Crippen LogP contribution in [0.15, 0.2) is 18.2 Å². The van der Waals surface area contributed by atoms with Crippen LogP contribution in [0.3, 0.4) is 0 Å². The van der Waals surface area contributed by atoms with Gasteiger partial charge in [0.25, 0.3) is 0 Å². The highest BCUT2D eigenvalue weighted by molar-refractivity contribution is 5.82. The number of hydrogen-bond acceptors (Lipinski definition) is 4. The van der Waals surface area contributed by atoms with Crippen LogP contribution in [0.5, 0.6) is 5.75 Å². The topological polar surface area (TPSA) is 76.1 Å². The molecule has 1 N–H and O–H groups in total. The molecule has 2 aliphatic rings. The molecule has 1 aliphatic carbocycles. The van der Waals surface area contributed by atoms with Crippen molar-refractivity contribution in [3.05, 3.63) is 29.3 Å². The monoisotopic (exact) mass is 361 g/mol. The molecule has 3 rings (SSSR count). The van der Waals surface area contributed by atoms with Crippen LogP contribution in [0.25, 0.3) is 0 Å². The molecule has 1 aromatic rings. The fraction of sp³-hybridized carbons (Fsp3) is 0.600. The number of methoxy groups -OCH3 is 1. The molecule has 1 heterocycles. The van der Waals surface area contributed by atoms with Gasteiger partial charge in [-0.15, -0.1) is 0 Å². The molecule has 0 aromatic heterocycles. The maximum Gasteiger partial charge on any atom is 0.323 e. The van der Waals surface area contributed by atoms with Gasteiger partial charge in [-0.05, 0) is 61.3 Å². The van der Waals surface area contributed by atoms with E-state index in [1.54, 1.807) is 12.0 Å². The Morgan fingerprint density at radius 1 is 1.27 bits per heavy atom. The maximum atomic E-state index is 13.0. The lowest BCUT2D eigenvalue weighted by atomic mass is 9.80. The van der Waals surface area contributed by atoms with Crippen LogP contribution in [0.4, 0.5) is 0 Å². The van der Waals surface area contributed by atoms with Crippen LogP contribution < -0.4 is 4.74 Å². The average Bonchev–Trinajstić information content (AvgIpc) is 2.66. The number of aliphatic carboxylic acids is 1. The second kappa shape index (κ2) is 8.54. The highest BCUT2D eigenvalue weighted by atomic mass is 16.5. The molecule has 0 unspecified atom stereocenters. The summed E-state index contributed by atoms with van der Waals surface area (Å²) in [7, 11) is 1.66. The van der Waals surface area contributed by atoms with Gasteiger partial charge >= 0.3 is 5.97 Å². The Hall–Kier alpha value is -2.08. The number of carboxylic acid groups (broad SMARTS) is 1. The van der Waals surface area contributed by atoms with Gasteiger partial charge in [0.05, 0.1) is 7.11 Å². The molecule has 1 saturated heterocycles. The van der Waals surface area contributed by atoms with E-state index in [1.165, 1.54) is 11.1 Å². The molecule has 1 fully saturated rings. The van der Waals surface area contributed by atoms with E-state index in [0.29, 0.717) is 32.5 Å². The number of fused-ring (bicyclic) bond motifs is 1. The molecule has 1 amide bonds. The predicted octanol–water partition coefficient (Wildman–Crippen LogP) is 2.60. The van der Waals surface area contributed by atoms with Crippen molar-refractivity contribution in [3.63, 3.8) is 0 Å². The first-order valence-electron chi connectivity index (χ1n) is 9.34. The van der Waals surface area contributed by atoms with Gasteiger partial charge in [-0.2, -0.15) is 0 Å². The standard InChI is InChI=1S/C20H27NO5/c1-25-17-5-6-18-14(11-17)3-2-4-15(18)12-19(22)21(13-20(23)24)16-7-9-26-10-8-16/h5-6,11,15-16H,2-4,7-10,12-13H2,1H3,(H,23,24)/t15-/m1/s1. The number of nitrogens with zero attached hydrogens (tertiary/aromatic N) is 1. The molecular formula is C20H27NO5. The Labute approximate surface area is 154 Å². The summed E-state index contributed by atoms with van der Waals surface area (Å²) in [6.45, 7) is 0.936. The van der Waals surface area contributed by atoms with Crippen molar-refractivity contribution in [1.29, 1.82) is 0 Å². The second-order valence-corrected chi connectivity index (χ2v) is 7.12. The maximum absolute atomic E-state index is 13.0. The van der Waals surface area contributed by atoms with Gasteiger partial charge in [0.15, 0.2) is 0 Å². The Bertz CT molecular complexity index is 654. The first-order chi connectivity index (χ1) is 12.6. The van der Waals surface area contributed by atoms with Crippen molar-refractivity contribution in [1.82, 2.24) is 4.90 Å². The lowest BCUT2D eigenvalue weighted by Gasteiger charge is -2.35. The van der Waals surface area contributed by atoms with Crippen molar-refractivity contribution in [2.75, 3.05) is 26.9 Å². The number of carbonyl (C=O) groups excluding carboxylic acids is 1. The number of carboxylic acids is 1. The number of benzene rings is 1. The van der Waals surface area contributed by atoms with Crippen molar-refractivity contribution < 1.29 is 24.2 Å². The molecule has 1 atom stereocenters. The zero-order chi connectivity index (χ0) is 18.5. The molecule has 0 bridgehead atoms. The molecule has 26 heavy (non-hydrogen) atoms. The SMILES string of the molecule is COc1ccc2c(c1)CCC[C@@H]2CC(=O)N(CC(=O)O)C1CCOCC1. The molecule has 142 valence electrons. The van der Waals surface area contributed by atoms with Crippen molar-refractivity contribution in [3.8, 4) is 5.75 Å². The Morgan fingerprint density at radius 3 is 2.73 bits per heavy atom. The quantitative estimate of drug-likeness (QED) is 0.843. The summed E-state index contributed by atoms with van der Waals surface area (Å²) in [5, 5.41) is 9.25. The third-order valence-electron chi connectivity index (χ3n) is 5.47. The minimum absolute atomic E-state index is 0.0359. The molecule has 1 aromatic carbocycles. The molecule has 6 nitrogen and oxygen atoms in total. The van der Waals surface area contributed by atoms with Gasteiger partial charge in [0, 0.05) is 25.7 Å². The van der Waals surface area contributed by atoms with Gasteiger partial charge in [0.1, 0.15) is 12.3 Å². The highest BCUT2D eigenvalue weighted by Gasteiger charge is 2.31. The number of rotatable bonds is 6. The summed E-state index contributed by atoms with van der Waals surface area (Å²) in [6, 6.07) is 6.02. The molecule has 0 saturated carbocycles. The number of ether oxygens (including phenoxy) is 2. The van der Waals surface area contributed by atoms with Crippen LogP contribution in [0.1, 0.15) is 49.1 Å². The fourth-order valence-electron chi connectivity index (χ4n) is 4.12. The summed E-state index contributed by atoms with van der Waals surface area (Å²) < 4.78 is 10.7. The number of hydrogen-bond donors (Lipinski definition) is 1. The minimum Gasteiger partial charge on any atom is -0.497 e. The van der Waals surface area contributed by atoms with Crippen LogP contribution in [0, 0.1) is 0 Å². The van der Waals surface area contributed by atoms with Gasteiger partial charge in [-0.25, -0.2) is 0 Å². The summed E-state index contributed by atoms with van der Waals surface area (Å²) in [4.78, 5) is 25.8. The summed E-state index contributed by atoms with van der Waals surface area (Å²) in [5.74, 6) is -0.0367. The highest BCUT2D eigenvalue weighted by Crippen LogP contribution is 2.36. The van der Waals surface area contributed by atoms with E-state index in [1.807, 2.05) is 6.07 Å². The zero-order valence-electron chi connectivity index (χ0n) is 15.3. The second-order valence-electron chi connectivity index (χ2n) is 7.12. The average molecular weight is 361 g/mol. The lowest BCUT2D eigenvalue weighted by molar-refractivity contribution is -0.148. The van der Waals surface area contributed by atoms with E-state index >= 15 is 0 Å².